The third-order valence-corrected chi connectivity index (χ3v) is 5.23. The summed E-state index contributed by atoms with van der Waals surface area (Å²) in [7, 11) is 3.62. The van der Waals surface area contributed by atoms with Gasteiger partial charge in [0.25, 0.3) is 0 Å². The molecule has 1 aliphatic heterocycles. The highest BCUT2D eigenvalue weighted by Gasteiger charge is 2.23. The molecule has 0 bridgehead atoms. The van der Waals surface area contributed by atoms with Gasteiger partial charge in [0.05, 0.1) is 7.11 Å². The molecule has 1 unspecified atom stereocenters. The summed E-state index contributed by atoms with van der Waals surface area (Å²) in [4.78, 5) is 14.3. The van der Waals surface area contributed by atoms with Crippen molar-refractivity contribution >= 4 is 18.3 Å². The standard InChI is InChI=1S/C20H32N2O2.ClH/c1-16(18-10-12-21-13-11-18)15-20(23)22(2)14-4-5-17-6-8-19(24-3)9-7-17;/h6-9,16,18,21H,4-5,10-15H2,1-3H3;1H. The first-order valence-corrected chi connectivity index (χ1v) is 9.17. The van der Waals surface area contributed by atoms with Crippen molar-refractivity contribution in [3.05, 3.63) is 29.8 Å². The third kappa shape index (κ3) is 7.25. The van der Waals surface area contributed by atoms with Crippen molar-refractivity contribution in [3.8, 4) is 5.75 Å². The zero-order valence-electron chi connectivity index (χ0n) is 15.8. The summed E-state index contributed by atoms with van der Waals surface area (Å²) >= 11 is 0. The van der Waals surface area contributed by atoms with Crippen LogP contribution in [0, 0.1) is 11.8 Å². The summed E-state index contributed by atoms with van der Waals surface area (Å²) in [6.07, 6.45) is 5.08. The Kier molecular flexibility index (Phi) is 9.91. The predicted octanol–water partition coefficient (Wildman–Crippen LogP) is 3.53. The minimum absolute atomic E-state index is 0. The van der Waals surface area contributed by atoms with Crippen LogP contribution in [0.25, 0.3) is 0 Å². The van der Waals surface area contributed by atoms with Crippen LogP contribution in [0.4, 0.5) is 0 Å². The molecular weight excluding hydrogens is 336 g/mol. The first kappa shape index (κ1) is 21.8. The summed E-state index contributed by atoms with van der Waals surface area (Å²) in [5.41, 5.74) is 1.29. The number of nitrogens with one attached hydrogen (secondary N) is 1. The summed E-state index contributed by atoms with van der Waals surface area (Å²) < 4.78 is 5.17. The fraction of sp³-hybridized carbons (Fsp3) is 0.650. The van der Waals surface area contributed by atoms with E-state index in [0.29, 0.717) is 18.3 Å². The van der Waals surface area contributed by atoms with Crippen LogP contribution in [0.15, 0.2) is 24.3 Å². The van der Waals surface area contributed by atoms with E-state index in [1.807, 2.05) is 24.1 Å². The first-order chi connectivity index (χ1) is 11.6. The first-order valence-electron chi connectivity index (χ1n) is 9.17. The van der Waals surface area contributed by atoms with Gasteiger partial charge < -0.3 is 15.0 Å². The van der Waals surface area contributed by atoms with Crippen LogP contribution in [0.2, 0.25) is 0 Å². The maximum Gasteiger partial charge on any atom is 0.222 e. The lowest BCUT2D eigenvalue weighted by Gasteiger charge is -2.29. The minimum atomic E-state index is 0. The Bertz CT molecular complexity index is 501. The number of rotatable bonds is 8. The molecule has 1 heterocycles. The number of piperidine rings is 1. The van der Waals surface area contributed by atoms with Crippen molar-refractivity contribution in [2.45, 2.75) is 39.0 Å². The van der Waals surface area contributed by atoms with E-state index < -0.39 is 0 Å². The van der Waals surface area contributed by atoms with Crippen LogP contribution in [-0.4, -0.2) is 44.6 Å². The second kappa shape index (κ2) is 11.4. The van der Waals surface area contributed by atoms with Gasteiger partial charge in [-0.25, -0.2) is 0 Å². The number of hydrogen-bond donors (Lipinski definition) is 1. The van der Waals surface area contributed by atoms with Crippen molar-refractivity contribution in [2.24, 2.45) is 11.8 Å². The summed E-state index contributed by atoms with van der Waals surface area (Å²) in [5, 5.41) is 3.39. The second-order valence-corrected chi connectivity index (χ2v) is 7.04. The van der Waals surface area contributed by atoms with E-state index in [0.717, 1.165) is 38.2 Å². The smallest absolute Gasteiger partial charge is 0.222 e. The van der Waals surface area contributed by atoms with Crippen molar-refractivity contribution < 1.29 is 9.53 Å². The van der Waals surface area contributed by atoms with Crippen LogP contribution in [0.3, 0.4) is 0 Å². The molecule has 1 amide bonds. The van der Waals surface area contributed by atoms with Crippen LogP contribution >= 0.6 is 12.4 Å². The normalized spacial score (nSPS) is 16.0. The average Bonchev–Trinajstić information content (AvgIpc) is 2.62. The molecule has 1 aromatic carbocycles. The molecule has 1 saturated heterocycles. The molecule has 0 spiro atoms. The van der Waals surface area contributed by atoms with Crippen LogP contribution < -0.4 is 10.1 Å². The number of methoxy groups -OCH3 is 1. The summed E-state index contributed by atoms with van der Waals surface area (Å²) in [6.45, 7) is 5.25. The van der Waals surface area contributed by atoms with Gasteiger partial charge in [-0.2, -0.15) is 0 Å². The number of carbonyl (C=O) groups is 1. The van der Waals surface area contributed by atoms with Gasteiger partial charge in [0.15, 0.2) is 0 Å². The monoisotopic (exact) mass is 368 g/mol. The van der Waals surface area contributed by atoms with Gasteiger partial charge >= 0.3 is 0 Å². The maximum absolute atomic E-state index is 12.4. The van der Waals surface area contributed by atoms with Gasteiger partial charge in [-0.3, -0.25) is 4.79 Å². The predicted molar refractivity (Wildman–Crippen MR) is 106 cm³/mol. The van der Waals surface area contributed by atoms with Crippen molar-refractivity contribution in [2.75, 3.05) is 33.8 Å². The zero-order valence-corrected chi connectivity index (χ0v) is 16.6. The van der Waals surface area contributed by atoms with E-state index in [1.54, 1.807) is 7.11 Å². The third-order valence-electron chi connectivity index (χ3n) is 5.23. The molecule has 1 fully saturated rings. The number of amides is 1. The molecule has 1 aliphatic rings. The fourth-order valence-corrected chi connectivity index (χ4v) is 3.45. The van der Waals surface area contributed by atoms with Gasteiger partial charge in [-0.15, -0.1) is 12.4 Å². The average molecular weight is 369 g/mol. The van der Waals surface area contributed by atoms with Gasteiger partial charge in [0, 0.05) is 20.0 Å². The SMILES string of the molecule is COc1ccc(CCCN(C)C(=O)CC(C)C2CCNCC2)cc1.Cl. The van der Waals surface area contributed by atoms with Crippen molar-refractivity contribution in [1.29, 1.82) is 0 Å². The topological polar surface area (TPSA) is 41.6 Å². The highest BCUT2D eigenvalue weighted by atomic mass is 35.5. The maximum atomic E-state index is 12.4. The van der Waals surface area contributed by atoms with E-state index in [-0.39, 0.29) is 18.3 Å². The number of hydrogen-bond acceptors (Lipinski definition) is 3. The molecule has 1 aromatic rings. The number of halogens is 1. The van der Waals surface area contributed by atoms with Crippen molar-refractivity contribution in [1.82, 2.24) is 10.2 Å². The molecule has 2 rings (SSSR count). The number of carbonyl (C=O) groups excluding carboxylic acids is 1. The van der Waals surface area contributed by atoms with Crippen LogP contribution in [-0.2, 0) is 11.2 Å². The molecule has 0 radical (unpaired) electrons. The molecular formula is C20H33ClN2O2. The Hall–Kier alpha value is -1.26. The fourth-order valence-electron chi connectivity index (χ4n) is 3.45. The van der Waals surface area contributed by atoms with E-state index in [9.17, 15) is 4.79 Å². The van der Waals surface area contributed by atoms with Crippen molar-refractivity contribution in [3.63, 3.8) is 0 Å². The molecule has 1 atom stereocenters. The summed E-state index contributed by atoms with van der Waals surface area (Å²) in [5.74, 6) is 2.36. The Morgan fingerprint density at radius 2 is 1.92 bits per heavy atom. The molecule has 25 heavy (non-hydrogen) atoms. The molecule has 5 heteroatoms. The summed E-state index contributed by atoms with van der Waals surface area (Å²) in [6, 6.07) is 8.18. The highest BCUT2D eigenvalue weighted by Crippen LogP contribution is 2.24. The Labute approximate surface area is 158 Å². The number of aryl methyl sites for hydroxylation is 1. The number of ether oxygens (including phenoxy) is 1. The van der Waals surface area contributed by atoms with Gasteiger partial charge in [0.1, 0.15) is 5.75 Å². The second-order valence-electron chi connectivity index (χ2n) is 7.04. The van der Waals surface area contributed by atoms with E-state index in [2.05, 4.69) is 24.4 Å². The molecule has 0 aliphatic carbocycles. The van der Waals surface area contributed by atoms with Gasteiger partial charge in [-0.1, -0.05) is 19.1 Å². The lowest BCUT2D eigenvalue weighted by Crippen LogP contribution is -2.34. The number of benzene rings is 1. The van der Waals surface area contributed by atoms with Crippen LogP contribution in [0.1, 0.15) is 38.2 Å². The highest BCUT2D eigenvalue weighted by molar-refractivity contribution is 5.85. The molecule has 0 aromatic heterocycles. The lowest BCUT2D eigenvalue weighted by molar-refractivity contribution is -0.131. The molecule has 142 valence electrons. The number of nitrogens with zero attached hydrogens (tertiary/aromatic N) is 1. The zero-order chi connectivity index (χ0) is 17.4. The van der Waals surface area contributed by atoms with E-state index in [1.165, 1.54) is 18.4 Å². The van der Waals surface area contributed by atoms with Gasteiger partial charge in [0.2, 0.25) is 5.91 Å². The van der Waals surface area contributed by atoms with Gasteiger partial charge in [-0.05, 0) is 68.3 Å². The van der Waals surface area contributed by atoms with E-state index in [4.69, 9.17) is 4.74 Å². The molecule has 1 N–H and O–H groups in total. The molecule has 0 saturated carbocycles. The Morgan fingerprint density at radius 3 is 2.52 bits per heavy atom. The van der Waals surface area contributed by atoms with E-state index >= 15 is 0 Å². The Balaban J connectivity index is 0.00000312. The Morgan fingerprint density at radius 1 is 1.28 bits per heavy atom. The largest absolute Gasteiger partial charge is 0.497 e. The molecule has 4 nitrogen and oxygen atoms in total. The quantitative estimate of drug-likeness (QED) is 0.763. The lowest BCUT2D eigenvalue weighted by atomic mass is 9.84. The van der Waals surface area contributed by atoms with Crippen LogP contribution in [0.5, 0.6) is 5.75 Å². The minimum Gasteiger partial charge on any atom is -0.497 e.